The number of hydrogen-bond acceptors (Lipinski definition) is 2. The molecule has 0 bridgehead atoms. The molecule has 19 heavy (non-hydrogen) atoms. The van der Waals surface area contributed by atoms with Gasteiger partial charge in [-0.15, -0.1) is 0 Å². The first-order valence-corrected chi connectivity index (χ1v) is 6.86. The molecule has 0 aliphatic carbocycles. The van der Waals surface area contributed by atoms with Crippen LogP contribution in [-0.2, 0) is 12.8 Å². The highest BCUT2D eigenvalue weighted by molar-refractivity contribution is 6.30. The van der Waals surface area contributed by atoms with Crippen LogP contribution in [0, 0.1) is 0 Å². The van der Waals surface area contributed by atoms with E-state index in [1.54, 1.807) is 0 Å². The van der Waals surface area contributed by atoms with Crippen LogP contribution >= 0.6 is 11.6 Å². The minimum absolute atomic E-state index is 0.00985. The number of rotatable bonds is 3. The average molecular weight is 274 g/mol. The van der Waals surface area contributed by atoms with Gasteiger partial charge in [0.05, 0.1) is 6.61 Å². The number of halogens is 1. The lowest BCUT2D eigenvalue weighted by molar-refractivity contribution is 0.357. The Morgan fingerprint density at radius 2 is 2.11 bits per heavy atom. The molecule has 0 amide bonds. The minimum Gasteiger partial charge on any atom is -0.493 e. The molecule has 0 radical (unpaired) electrons. The first-order chi connectivity index (χ1) is 9.22. The predicted octanol–water partition coefficient (Wildman–Crippen LogP) is 3.52. The van der Waals surface area contributed by atoms with Crippen LogP contribution in [0.25, 0.3) is 0 Å². The van der Waals surface area contributed by atoms with Crippen LogP contribution in [0.2, 0.25) is 5.02 Å². The Morgan fingerprint density at radius 3 is 2.95 bits per heavy atom. The van der Waals surface area contributed by atoms with E-state index in [0.717, 1.165) is 41.3 Å². The molecule has 0 aromatic heterocycles. The van der Waals surface area contributed by atoms with Gasteiger partial charge in [0.1, 0.15) is 5.75 Å². The van der Waals surface area contributed by atoms with Gasteiger partial charge >= 0.3 is 0 Å². The van der Waals surface area contributed by atoms with Crippen molar-refractivity contribution in [2.75, 3.05) is 6.61 Å². The van der Waals surface area contributed by atoms with Gasteiger partial charge in [0.15, 0.2) is 0 Å². The number of hydrogen-bond donors (Lipinski definition) is 1. The summed E-state index contributed by atoms with van der Waals surface area (Å²) in [6.45, 7) is 0.780. The fraction of sp³-hybridized carbons (Fsp3) is 0.250. The summed E-state index contributed by atoms with van der Waals surface area (Å²) in [4.78, 5) is 0. The monoisotopic (exact) mass is 273 g/mol. The molecule has 1 unspecified atom stereocenters. The predicted molar refractivity (Wildman–Crippen MR) is 77.7 cm³/mol. The maximum atomic E-state index is 6.29. The van der Waals surface area contributed by atoms with Crippen LogP contribution in [0.1, 0.15) is 22.7 Å². The van der Waals surface area contributed by atoms with Crippen molar-refractivity contribution in [2.24, 2.45) is 5.73 Å². The zero-order chi connectivity index (χ0) is 13.2. The van der Waals surface area contributed by atoms with Gasteiger partial charge in [-0.3, -0.25) is 0 Å². The molecule has 2 aromatic carbocycles. The highest BCUT2D eigenvalue weighted by Gasteiger charge is 2.15. The van der Waals surface area contributed by atoms with E-state index < -0.39 is 0 Å². The molecule has 1 aliphatic heterocycles. The molecule has 0 saturated carbocycles. The Kier molecular flexibility index (Phi) is 3.45. The Morgan fingerprint density at radius 1 is 1.21 bits per heavy atom. The highest BCUT2D eigenvalue weighted by atomic mass is 35.5. The van der Waals surface area contributed by atoms with Gasteiger partial charge in [-0.25, -0.2) is 0 Å². The number of ether oxygens (including phenoxy) is 1. The zero-order valence-corrected chi connectivity index (χ0v) is 11.4. The van der Waals surface area contributed by atoms with Crippen molar-refractivity contribution in [1.29, 1.82) is 0 Å². The smallest absolute Gasteiger partial charge is 0.122 e. The van der Waals surface area contributed by atoms with E-state index in [4.69, 9.17) is 22.1 Å². The van der Waals surface area contributed by atoms with E-state index >= 15 is 0 Å². The second-order valence-electron chi connectivity index (χ2n) is 4.91. The van der Waals surface area contributed by atoms with E-state index in [2.05, 4.69) is 18.2 Å². The van der Waals surface area contributed by atoms with Crippen LogP contribution in [0.5, 0.6) is 5.75 Å². The van der Waals surface area contributed by atoms with Crippen LogP contribution in [-0.4, -0.2) is 6.61 Å². The normalized spacial score (nSPS) is 14.8. The van der Waals surface area contributed by atoms with Crippen molar-refractivity contribution in [3.63, 3.8) is 0 Å². The molecule has 0 spiro atoms. The molecule has 2 N–H and O–H groups in total. The van der Waals surface area contributed by atoms with E-state index in [-0.39, 0.29) is 6.04 Å². The fourth-order valence-electron chi connectivity index (χ4n) is 2.47. The van der Waals surface area contributed by atoms with Gasteiger partial charge in [-0.05, 0) is 41.3 Å². The Balaban J connectivity index is 1.78. The molecule has 1 heterocycles. The number of fused-ring (bicyclic) bond motifs is 1. The largest absolute Gasteiger partial charge is 0.493 e. The van der Waals surface area contributed by atoms with Crippen LogP contribution < -0.4 is 10.5 Å². The van der Waals surface area contributed by atoms with Gasteiger partial charge in [0, 0.05) is 17.5 Å². The van der Waals surface area contributed by atoms with Crippen molar-refractivity contribution >= 4 is 11.6 Å². The lowest BCUT2D eigenvalue weighted by atomic mass is 9.97. The van der Waals surface area contributed by atoms with Crippen molar-refractivity contribution < 1.29 is 4.74 Å². The molecular weight excluding hydrogens is 258 g/mol. The summed E-state index contributed by atoms with van der Waals surface area (Å²) in [6.07, 6.45) is 1.77. The van der Waals surface area contributed by atoms with Gasteiger partial charge in [-0.2, -0.15) is 0 Å². The summed E-state index contributed by atoms with van der Waals surface area (Å²) in [5.41, 5.74) is 9.87. The molecule has 3 heteroatoms. The van der Waals surface area contributed by atoms with Gasteiger partial charge in [-0.1, -0.05) is 35.9 Å². The van der Waals surface area contributed by atoms with Crippen molar-refractivity contribution in [3.8, 4) is 5.75 Å². The minimum atomic E-state index is -0.00985. The van der Waals surface area contributed by atoms with Crippen LogP contribution in [0.3, 0.4) is 0 Å². The lowest BCUT2D eigenvalue weighted by Crippen LogP contribution is -2.13. The zero-order valence-electron chi connectivity index (χ0n) is 10.6. The average Bonchev–Trinajstić information content (AvgIpc) is 2.85. The Bertz CT molecular complexity index is 597. The quantitative estimate of drug-likeness (QED) is 0.929. The van der Waals surface area contributed by atoms with Crippen LogP contribution in [0.4, 0.5) is 0 Å². The third kappa shape index (κ3) is 2.75. The summed E-state index contributed by atoms with van der Waals surface area (Å²) >= 11 is 5.99. The molecule has 1 atom stereocenters. The third-order valence-electron chi connectivity index (χ3n) is 3.49. The van der Waals surface area contributed by atoms with Crippen molar-refractivity contribution in [3.05, 3.63) is 64.2 Å². The maximum Gasteiger partial charge on any atom is 0.122 e. The second kappa shape index (κ2) is 5.24. The molecule has 0 saturated heterocycles. The van der Waals surface area contributed by atoms with E-state index in [0.29, 0.717) is 0 Å². The molecule has 98 valence electrons. The molecule has 0 fully saturated rings. The summed E-state index contributed by atoms with van der Waals surface area (Å²) in [5.74, 6) is 0.999. The van der Waals surface area contributed by atoms with E-state index in [1.165, 1.54) is 5.56 Å². The summed E-state index contributed by atoms with van der Waals surface area (Å²) in [5, 5.41) is 0.757. The fourth-order valence-corrected chi connectivity index (χ4v) is 2.69. The maximum absolute atomic E-state index is 6.29. The third-order valence-corrected chi connectivity index (χ3v) is 3.72. The summed E-state index contributed by atoms with van der Waals surface area (Å²) in [7, 11) is 0. The van der Waals surface area contributed by atoms with Gasteiger partial charge in [0.2, 0.25) is 0 Å². The highest BCUT2D eigenvalue weighted by Crippen LogP contribution is 2.28. The van der Waals surface area contributed by atoms with Crippen molar-refractivity contribution in [1.82, 2.24) is 0 Å². The Labute approximate surface area is 118 Å². The van der Waals surface area contributed by atoms with Gasteiger partial charge < -0.3 is 10.5 Å². The molecule has 2 nitrogen and oxygen atoms in total. The first-order valence-electron chi connectivity index (χ1n) is 6.48. The van der Waals surface area contributed by atoms with E-state index in [9.17, 15) is 0 Å². The van der Waals surface area contributed by atoms with Gasteiger partial charge in [0.25, 0.3) is 0 Å². The van der Waals surface area contributed by atoms with E-state index in [1.807, 2.05) is 24.3 Å². The topological polar surface area (TPSA) is 35.2 Å². The summed E-state index contributed by atoms with van der Waals surface area (Å²) in [6, 6.07) is 14.1. The number of benzene rings is 2. The van der Waals surface area contributed by atoms with Crippen molar-refractivity contribution in [2.45, 2.75) is 18.9 Å². The summed E-state index contributed by atoms with van der Waals surface area (Å²) < 4.78 is 5.51. The molecule has 3 rings (SSSR count). The second-order valence-corrected chi connectivity index (χ2v) is 5.34. The molecular formula is C16H16ClNO. The standard InChI is InChI=1S/C16H16ClNO/c17-14-3-1-2-11(8-14)9-15(18)12-4-5-16-13(10-12)6-7-19-16/h1-5,8,10,15H,6-7,9,18H2. The first kappa shape index (κ1) is 12.5. The molecule has 1 aliphatic rings. The SMILES string of the molecule is NC(Cc1cccc(Cl)c1)c1ccc2c(c1)CCO2. The molecule has 2 aromatic rings. The number of nitrogens with two attached hydrogens (primary N) is 1. The lowest BCUT2D eigenvalue weighted by Gasteiger charge is -2.13. The Hall–Kier alpha value is -1.51. The van der Waals surface area contributed by atoms with Crippen LogP contribution in [0.15, 0.2) is 42.5 Å².